The Hall–Kier alpha value is -2.76. The summed E-state index contributed by atoms with van der Waals surface area (Å²) in [5, 5.41) is 0. The molecule has 0 aliphatic carbocycles. The Morgan fingerprint density at radius 3 is 2.44 bits per heavy atom. The lowest BCUT2D eigenvalue weighted by Crippen LogP contribution is -2.43. The maximum Gasteiger partial charge on any atom is 0.263 e. The normalized spacial score (nSPS) is 15.0. The Kier molecular flexibility index (Phi) is 5.07. The number of hydrogen-bond donors (Lipinski definition) is 0. The van der Waals surface area contributed by atoms with Crippen molar-refractivity contribution in [3.8, 4) is 11.5 Å². The van der Waals surface area contributed by atoms with Crippen molar-refractivity contribution in [2.75, 3.05) is 20.2 Å². The summed E-state index contributed by atoms with van der Waals surface area (Å²) in [5.74, 6) is 1.21. The molecule has 0 saturated carbocycles. The van der Waals surface area contributed by atoms with Crippen LogP contribution in [0.15, 0.2) is 47.4 Å². The van der Waals surface area contributed by atoms with E-state index >= 15 is 0 Å². The molecule has 0 atom stereocenters. The van der Waals surface area contributed by atoms with Crippen molar-refractivity contribution >= 4 is 5.91 Å². The first kappa shape index (κ1) is 17.1. The molecule has 1 aliphatic rings. The van der Waals surface area contributed by atoms with Crippen LogP contribution in [0.5, 0.6) is 11.5 Å². The van der Waals surface area contributed by atoms with Crippen LogP contribution in [0.4, 0.5) is 0 Å². The average Bonchev–Trinajstić information content (AvgIpc) is 2.64. The van der Waals surface area contributed by atoms with Crippen molar-refractivity contribution in [2.24, 2.45) is 7.05 Å². The lowest BCUT2D eigenvalue weighted by Gasteiger charge is -2.32. The zero-order valence-electron chi connectivity index (χ0n) is 14.5. The number of likely N-dealkylation sites (tertiary alicyclic amines) is 1. The molecule has 0 radical (unpaired) electrons. The van der Waals surface area contributed by atoms with Crippen LogP contribution < -0.4 is 15.0 Å². The van der Waals surface area contributed by atoms with Gasteiger partial charge in [0, 0.05) is 39.2 Å². The van der Waals surface area contributed by atoms with E-state index in [9.17, 15) is 9.59 Å². The van der Waals surface area contributed by atoms with E-state index < -0.39 is 0 Å². The quantitative estimate of drug-likeness (QED) is 0.853. The minimum Gasteiger partial charge on any atom is -0.493 e. The van der Waals surface area contributed by atoms with E-state index in [0.717, 1.165) is 12.8 Å². The van der Waals surface area contributed by atoms with Crippen LogP contribution in [0.3, 0.4) is 0 Å². The fourth-order valence-electron chi connectivity index (χ4n) is 3.00. The molecule has 0 N–H and O–H groups in total. The molecule has 0 spiro atoms. The van der Waals surface area contributed by atoms with E-state index in [-0.39, 0.29) is 23.1 Å². The van der Waals surface area contributed by atoms with Gasteiger partial charge in [-0.15, -0.1) is 0 Å². The zero-order chi connectivity index (χ0) is 17.8. The highest BCUT2D eigenvalue weighted by molar-refractivity contribution is 5.93. The molecule has 6 nitrogen and oxygen atoms in total. The van der Waals surface area contributed by atoms with E-state index in [1.165, 1.54) is 4.57 Å². The molecule has 2 heterocycles. The number of para-hydroxylation sites is 2. The average molecular weight is 342 g/mol. The van der Waals surface area contributed by atoms with Crippen LogP contribution >= 0.6 is 0 Å². The highest BCUT2D eigenvalue weighted by Gasteiger charge is 2.26. The Bertz CT molecular complexity index is 807. The summed E-state index contributed by atoms with van der Waals surface area (Å²) in [5.41, 5.74) is -0.0472. The number of aryl methyl sites for hydroxylation is 1. The van der Waals surface area contributed by atoms with Crippen molar-refractivity contribution in [1.82, 2.24) is 9.47 Å². The third kappa shape index (κ3) is 3.68. The topological polar surface area (TPSA) is 60.8 Å². The number of piperidine rings is 1. The van der Waals surface area contributed by atoms with Crippen LogP contribution in [-0.2, 0) is 7.05 Å². The van der Waals surface area contributed by atoms with Crippen molar-refractivity contribution in [3.05, 3.63) is 58.5 Å². The van der Waals surface area contributed by atoms with Crippen molar-refractivity contribution < 1.29 is 14.3 Å². The third-order valence-corrected chi connectivity index (χ3v) is 4.45. The van der Waals surface area contributed by atoms with Crippen molar-refractivity contribution in [1.29, 1.82) is 0 Å². The van der Waals surface area contributed by atoms with Gasteiger partial charge in [0.25, 0.3) is 11.5 Å². The molecule has 2 aromatic rings. The number of rotatable bonds is 4. The fraction of sp³-hybridized carbons (Fsp3) is 0.368. The summed E-state index contributed by atoms with van der Waals surface area (Å²) < 4.78 is 12.7. The van der Waals surface area contributed by atoms with Gasteiger partial charge in [-0.3, -0.25) is 9.59 Å². The van der Waals surface area contributed by atoms with Crippen LogP contribution in [0.2, 0.25) is 0 Å². The molecule has 0 unspecified atom stereocenters. The monoisotopic (exact) mass is 342 g/mol. The molecular weight excluding hydrogens is 320 g/mol. The second-order valence-corrected chi connectivity index (χ2v) is 6.10. The minimum atomic E-state index is -0.264. The number of methoxy groups -OCH3 is 1. The van der Waals surface area contributed by atoms with Crippen LogP contribution in [0, 0.1) is 0 Å². The predicted molar refractivity (Wildman–Crippen MR) is 94.2 cm³/mol. The Morgan fingerprint density at radius 2 is 1.76 bits per heavy atom. The van der Waals surface area contributed by atoms with Crippen molar-refractivity contribution in [3.63, 3.8) is 0 Å². The number of carbonyl (C=O) groups excluding carboxylic acids is 1. The third-order valence-electron chi connectivity index (χ3n) is 4.45. The number of pyridine rings is 1. The van der Waals surface area contributed by atoms with E-state index in [2.05, 4.69) is 0 Å². The van der Waals surface area contributed by atoms with Gasteiger partial charge in [-0.05, 0) is 24.3 Å². The van der Waals surface area contributed by atoms with Gasteiger partial charge in [-0.25, -0.2) is 0 Å². The van der Waals surface area contributed by atoms with Crippen LogP contribution in [0.1, 0.15) is 23.2 Å². The Balaban J connectivity index is 1.63. The molecule has 1 saturated heterocycles. The molecule has 1 fully saturated rings. The smallest absolute Gasteiger partial charge is 0.263 e. The first-order valence-corrected chi connectivity index (χ1v) is 8.34. The summed E-state index contributed by atoms with van der Waals surface area (Å²) in [6.07, 6.45) is 3.11. The van der Waals surface area contributed by atoms with Gasteiger partial charge >= 0.3 is 0 Å². The van der Waals surface area contributed by atoms with Gasteiger partial charge < -0.3 is 18.9 Å². The molecule has 1 aliphatic heterocycles. The maximum atomic E-state index is 12.6. The van der Waals surface area contributed by atoms with E-state index in [4.69, 9.17) is 9.47 Å². The van der Waals surface area contributed by atoms with Gasteiger partial charge in [-0.2, -0.15) is 0 Å². The first-order valence-electron chi connectivity index (χ1n) is 8.34. The SMILES string of the molecule is COc1ccccc1OC1CCN(C(=O)c2cccn(C)c2=O)CC1. The van der Waals surface area contributed by atoms with Gasteiger partial charge in [0.15, 0.2) is 11.5 Å². The molecule has 3 rings (SSSR count). The van der Waals surface area contributed by atoms with E-state index in [1.54, 1.807) is 37.4 Å². The van der Waals surface area contributed by atoms with Crippen molar-refractivity contribution in [2.45, 2.75) is 18.9 Å². The number of amides is 1. The number of benzene rings is 1. The standard InChI is InChI=1S/C19H22N2O4/c1-20-11-5-6-15(18(20)22)19(23)21-12-9-14(10-13-21)25-17-8-4-3-7-16(17)24-2/h3-8,11,14H,9-10,12-13H2,1-2H3. The maximum absolute atomic E-state index is 12.6. The lowest BCUT2D eigenvalue weighted by molar-refractivity contribution is 0.0588. The predicted octanol–water partition coefficient (Wildman–Crippen LogP) is 2.08. The number of ether oxygens (including phenoxy) is 2. The molecule has 132 valence electrons. The largest absolute Gasteiger partial charge is 0.493 e. The lowest BCUT2D eigenvalue weighted by atomic mass is 10.1. The summed E-state index contributed by atoms with van der Waals surface area (Å²) in [6.45, 7) is 1.13. The van der Waals surface area contributed by atoms with E-state index in [1.807, 2.05) is 24.3 Å². The molecular formula is C19H22N2O4. The van der Waals surface area contributed by atoms with Gasteiger partial charge in [0.05, 0.1) is 7.11 Å². The zero-order valence-corrected chi connectivity index (χ0v) is 14.5. The second-order valence-electron chi connectivity index (χ2n) is 6.10. The summed E-state index contributed by atoms with van der Waals surface area (Å²) in [7, 11) is 3.26. The summed E-state index contributed by atoms with van der Waals surface area (Å²) >= 11 is 0. The summed E-state index contributed by atoms with van der Waals surface area (Å²) in [6, 6.07) is 10.8. The minimum absolute atomic E-state index is 0.0268. The summed E-state index contributed by atoms with van der Waals surface area (Å²) in [4.78, 5) is 26.4. The van der Waals surface area contributed by atoms with Crippen LogP contribution in [0.25, 0.3) is 0 Å². The van der Waals surface area contributed by atoms with Gasteiger partial charge in [0.1, 0.15) is 11.7 Å². The van der Waals surface area contributed by atoms with Crippen LogP contribution in [-0.4, -0.2) is 41.7 Å². The molecule has 1 aromatic heterocycles. The highest BCUT2D eigenvalue weighted by Crippen LogP contribution is 2.29. The Morgan fingerprint density at radius 1 is 1.08 bits per heavy atom. The number of hydrogen-bond acceptors (Lipinski definition) is 4. The molecule has 6 heteroatoms. The molecule has 0 bridgehead atoms. The number of carbonyl (C=O) groups is 1. The second kappa shape index (κ2) is 7.42. The fourth-order valence-corrected chi connectivity index (χ4v) is 3.00. The Labute approximate surface area is 146 Å². The first-order chi connectivity index (χ1) is 12.1. The highest BCUT2D eigenvalue weighted by atomic mass is 16.5. The number of aromatic nitrogens is 1. The molecule has 25 heavy (non-hydrogen) atoms. The van der Waals surface area contributed by atoms with Gasteiger partial charge in [-0.1, -0.05) is 12.1 Å². The van der Waals surface area contributed by atoms with Gasteiger partial charge in [0.2, 0.25) is 0 Å². The van der Waals surface area contributed by atoms with E-state index in [0.29, 0.717) is 24.6 Å². The molecule has 1 amide bonds. The molecule has 1 aromatic carbocycles. The number of nitrogens with zero attached hydrogens (tertiary/aromatic N) is 2.